The molecule has 0 fully saturated rings. The Labute approximate surface area is 99.3 Å². The normalized spacial score (nSPS) is 12.1. The summed E-state index contributed by atoms with van der Waals surface area (Å²) in [6.07, 6.45) is 0. The Kier molecular flexibility index (Phi) is 4.70. The van der Waals surface area contributed by atoms with Gasteiger partial charge < -0.3 is 0 Å². The van der Waals surface area contributed by atoms with E-state index in [9.17, 15) is 8.42 Å². The smallest absolute Gasteiger partial charge is 0.171 e. The Hall–Kier alpha value is -0.450. The maximum Gasteiger partial charge on any atom is 0.171 e. The first kappa shape index (κ1) is 12.6. The van der Waals surface area contributed by atoms with E-state index >= 15 is 0 Å². The second-order valence-electron chi connectivity index (χ2n) is 2.77. The highest BCUT2D eigenvalue weighted by atomic mass is 35.5. The fourth-order valence-electron chi connectivity index (χ4n) is 0.822. The van der Waals surface area contributed by atoms with E-state index in [1.165, 1.54) is 17.2 Å². The molecule has 0 N–H and O–H groups in total. The second kappa shape index (κ2) is 5.58. The summed E-state index contributed by atoms with van der Waals surface area (Å²) in [5, 5.41) is 3.38. The van der Waals surface area contributed by atoms with E-state index in [1.54, 1.807) is 18.4 Å². The van der Waals surface area contributed by atoms with Gasteiger partial charge in [0.1, 0.15) is 0 Å². The molecule has 0 aromatic heterocycles. The zero-order valence-electron chi connectivity index (χ0n) is 8.18. The zero-order chi connectivity index (χ0) is 11.3. The lowest BCUT2D eigenvalue weighted by molar-refractivity contribution is 0.606. The van der Waals surface area contributed by atoms with Crippen LogP contribution in [0.2, 0.25) is 5.02 Å². The molecular weight excluding hydrogens is 252 g/mol. The molecule has 0 saturated heterocycles. The molecule has 1 aromatic rings. The Morgan fingerprint density at radius 1 is 1.40 bits per heavy atom. The standard InChI is InChI=1S/C10H11ClO2S2/c1-2-15(12,13)8-7-14-10-6-4-3-5-9(10)11/h3-8H,2H2,1H3. The zero-order valence-corrected chi connectivity index (χ0v) is 10.6. The van der Waals surface area contributed by atoms with Crippen LogP contribution in [0.1, 0.15) is 6.92 Å². The molecule has 0 aliphatic carbocycles. The highest BCUT2D eigenvalue weighted by Crippen LogP contribution is 2.27. The van der Waals surface area contributed by atoms with Crippen LogP contribution in [0, 0.1) is 0 Å². The predicted molar refractivity (Wildman–Crippen MR) is 65.9 cm³/mol. The van der Waals surface area contributed by atoms with Crippen molar-refractivity contribution in [1.29, 1.82) is 0 Å². The Bertz CT molecular complexity index is 452. The average Bonchev–Trinajstić information content (AvgIpc) is 2.21. The van der Waals surface area contributed by atoms with E-state index in [0.717, 1.165) is 4.90 Å². The molecule has 0 aliphatic heterocycles. The second-order valence-corrected chi connectivity index (χ2v) is 6.30. The third-order valence-corrected chi connectivity index (χ3v) is 4.55. The molecule has 0 spiro atoms. The molecule has 1 aromatic carbocycles. The molecule has 2 nitrogen and oxygen atoms in total. The minimum atomic E-state index is -3.05. The van der Waals surface area contributed by atoms with Crippen molar-refractivity contribution >= 4 is 33.2 Å². The van der Waals surface area contributed by atoms with Crippen LogP contribution in [-0.2, 0) is 9.84 Å². The van der Waals surface area contributed by atoms with E-state index in [0.29, 0.717) is 5.02 Å². The summed E-state index contributed by atoms with van der Waals surface area (Å²) < 4.78 is 22.3. The monoisotopic (exact) mass is 262 g/mol. The van der Waals surface area contributed by atoms with E-state index in [1.807, 2.05) is 18.2 Å². The molecule has 1 rings (SSSR count). The van der Waals surface area contributed by atoms with E-state index < -0.39 is 9.84 Å². The van der Waals surface area contributed by atoms with Gasteiger partial charge in [-0.25, -0.2) is 8.42 Å². The minimum absolute atomic E-state index is 0.118. The molecule has 0 amide bonds. The van der Waals surface area contributed by atoms with Crippen LogP contribution in [-0.4, -0.2) is 14.2 Å². The fourth-order valence-corrected chi connectivity index (χ4v) is 2.67. The summed E-state index contributed by atoms with van der Waals surface area (Å²) in [6.45, 7) is 1.61. The van der Waals surface area contributed by atoms with Crippen molar-refractivity contribution in [3.63, 3.8) is 0 Å². The Morgan fingerprint density at radius 3 is 2.67 bits per heavy atom. The lowest BCUT2D eigenvalue weighted by Crippen LogP contribution is -1.96. The van der Waals surface area contributed by atoms with Gasteiger partial charge in [0, 0.05) is 10.3 Å². The molecule has 5 heteroatoms. The number of rotatable bonds is 4. The number of benzene rings is 1. The van der Waals surface area contributed by atoms with Gasteiger partial charge in [0.15, 0.2) is 9.84 Å². The number of thioether (sulfide) groups is 1. The van der Waals surface area contributed by atoms with Crippen molar-refractivity contribution in [2.75, 3.05) is 5.75 Å². The first-order chi connectivity index (χ1) is 7.05. The number of sulfone groups is 1. The molecule has 0 radical (unpaired) electrons. The Morgan fingerprint density at radius 2 is 2.07 bits per heavy atom. The topological polar surface area (TPSA) is 34.1 Å². The van der Waals surface area contributed by atoms with E-state index in [-0.39, 0.29) is 5.75 Å². The van der Waals surface area contributed by atoms with Crippen LogP contribution < -0.4 is 0 Å². The van der Waals surface area contributed by atoms with Gasteiger partial charge >= 0.3 is 0 Å². The highest BCUT2D eigenvalue weighted by Gasteiger charge is 2.01. The van der Waals surface area contributed by atoms with Crippen molar-refractivity contribution in [2.24, 2.45) is 0 Å². The van der Waals surface area contributed by atoms with E-state index in [2.05, 4.69) is 0 Å². The summed E-state index contributed by atoms with van der Waals surface area (Å²) >= 11 is 7.20. The van der Waals surface area contributed by atoms with Crippen LogP contribution in [0.5, 0.6) is 0 Å². The Balaban J connectivity index is 2.70. The maximum absolute atomic E-state index is 11.1. The van der Waals surface area contributed by atoms with Crippen LogP contribution in [0.3, 0.4) is 0 Å². The summed E-state index contributed by atoms with van der Waals surface area (Å²) in [6, 6.07) is 7.30. The van der Waals surface area contributed by atoms with Crippen molar-refractivity contribution < 1.29 is 8.42 Å². The quantitative estimate of drug-likeness (QED) is 0.781. The molecular formula is C10H11ClO2S2. The SMILES string of the molecule is CCS(=O)(=O)C=CSc1ccccc1Cl. The molecule has 0 heterocycles. The molecule has 15 heavy (non-hydrogen) atoms. The molecule has 0 saturated carbocycles. The molecule has 0 atom stereocenters. The first-order valence-corrected chi connectivity index (χ1v) is 7.33. The summed E-state index contributed by atoms with van der Waals surface area (Å²) in [5.41, 5.74) is 0. The van der Waals surface area contributed by atoms with Crippen molar-refractivity contribution in [1.82, 2.24) is 0 Å². The van der Waals surface area contributed by atoms with Gasteiger partial charge in [0.2, 0.25) is 0 Å². The largest absolute Gasteiger partial charge is 0.224 e. The van der Waals surface area contributed by atoms with Gasteiger partial charge in [-0.15, -0.1) is 0 Å². The summed E-state index contributed by atoms with van der Waals surface area (Å²) in [5.74, 6) is 0.118. The van der Waals surface area contributed by atoms with Crippen molar-refractivity contribution in [3.8, 4) is 0 Å². The summed E-state index contributed by atoms with van der Waals surface area (Å²) in [4.78, 5) is 0.849. The van der Waals surface area contributed by atoms with Gasteiger partial charge in [-0.3, -0.25) is 0 Å². The van der Waals surface area contributed by atoms with E-state index in [4.69, 9.17) is 11.6 Å². The molecule has 0 unspecified atom stereocenters. The van der Waals surface area contributed by atoms with Gasteiger partial charge in [-0.1, -0.05) is 42.4 Å². The predicted octanol–water partition coefficient (Wildman–Crippen LogP) is 3.34. The minimum Gasteiger partial charge on any atom is -0.224 e. The highest BCUT2D eigenvalue weighted by molar-refractivity contribution is 8.03. The summed E-state index contributed by atoms with van der Waals surface area (Å²) in [7, 11) is -3.05. The third-order valence-electron chi connectivity index (χ3n) is 1.70. The lowest BCUT2D eigenvalue weighted by Gasteiger charge is -1.98. The third kappa shape index (κ3) is 4.28. The van der Waals surface area contributed by atoms with Gasteiger partial charge in [0.25, 0.3) is 0 Å². The van der Waals surface area contributed by atoms with Crippen LogP contribution in [0.25, 0.3) is 0 Å². The average molecular weight is 263 g/mol. The molecule has 0 aliphatic rings. The van der Waals surface area contributed by atoms with Crippen LogP contribution >= 0.6 is 23.4 Å². The molecule has 0 bridgehead atoms. The van der Waals surface area contributed by atoms with Crippen LogP contribution in [0.15, 0.2) is 40.0 Å². The number of hydrogen-bond acceptors (Lipinski definition) is 3. The number of halogens is 1. The molecule has 82 valence electrons. The van der Waals surface area contributed by atoms with Gasteiger partial charge in [-0.2, -0.15) is 0 Å². The van der Waals surface area contributed by atoms with Crippen LogP contribution in [0.4, 0.5) is 0 Å². The lowest BCUT2D eigenvalue weighted by atomic mass is 10.4. The van der Waals surface area contributed by atoms with Gasteiger partial charge in [0.05, 0.1) is 10.8 Å². The van der Waals surface area contributed by atoms with Crippen molar-refractivity contribution in [3.05, 3.63) is 40.1 Å². The number of hydrogen-bond donors (Lipinski definition) is 0. The van der Waals surface area contributed by atoms with Gasteiger partial charge in [-0.05, 0) is 17.5 Å². The maximum atomic E-state index is 11.1. The van der Waals surface area contributed by atoms with Crippen molar-refractivity contribution in [2.45, 2.75) is 11.8 Å². The fraction of sp³-hybridized carbons (Fsp3) is 0.200. The first-order valence-electron chi connectivity index (χ1n) is 4.35.